The van der Waals surface area contributed by atoms with E-state index in [1.165, 1.54) is 0 Å². The number of carboxylic acid groups (broad SMARTS) is 1. The van der Waals surface area contributed by atoms with Crippen LogP contribution in [-0.4, -0.2) is 18.2 Å². The molecule has 0 atom stereocenters. The van der Waals surface area contributed by atoms with Crippen LogP contribution in [0.4, 0.5) is 0 Å². The van der Waals surface area contributed by atoms with Crippen molar-refractivity contribution in [2.45, 2.75) is 19.8 Å². The molecule has 1 N–H and O–H groups in total. The first-order valence-electron chi connectivity index (χ1n) is 5.90. The zero-order chi connectivity index (χ0) is 13.1. The molecule has 0 aliphatic heterocycles. The van der Waals surface area contributed by atoms with Gasteiger partial charge in [0, 0.05) is 6.42 Å². The zero-order valence-corrected chi connectivity index (χ0v) is 10.6. The van der Waals surface area contributed by atoms with Crippen molar-refractivity contribution in [1.29, 1.82) is 0 Å². The van der Waals surface area contributed by atoms with E-state index in [4.69, 9.17) is 9.84 Å². The summed E-state index contributed by atoms with van der Waals surface area (Å²) in [5.74, 6) is 0.0566. The third-order valence-electron chi connectivity index (χ3n) is 3.22. The summed E-state index contributed by atoms with van der Waals surface area (Å²) in [7, 11) is 1.64. The van der Waals surface area contributed by atoms with E-state index in [0.29, 0.717) is 6.42 Å². The number of hydrogen-bond donors (Lipinski definition) is 1. The molecule has 0 aliphatic carbocycles. The summed E-state index contributed by atoms with van der Waals surface area (Å²) < 4.78 is 5.22. The fourth-order valence-corrected chi connectivity index (χ4v) is 2.13. The van der Waals surface area contributed by atoms with Gasteiger partial charge in [-0.15, -0.1) is 0 Å². The first-order valence-corrected chi connectivity index (χ1v) is 5.90. The van der Waals surface area contributed by atoms with Gasteiger partial charge < -0.3 is 9.84 Å². The third kappa shape index (κ3) is 2.45. The maximum Gasteiger partial charge on any atom is 0.303 e. The molecule has 0 aliphatic rings. The fourth-order valence-electron chi connectivity index (χ4n) is 2.13. The number of hydrogen-bond acceptors (Lipinski definition) is 2. The highest BCUT2D eigenvalue weighted by Gasteiger charge is 2.06. The van der Waals surface area contributed by atoms with Crippen molar-refractivity contribution in [1.82, 2.24) is 0 Å². The topological polar surface area (TPSA) is 46.5 Å². The Morgan fingerprint density at radius 1 is 1.28 bits per heavy atom. The van der Waals surface area contributed by atoms with Crippen LogP contribution in [0.25, 0.3) is 10.8 Å². The average molecular weight is 244 g/mol. The van der Waals surface area contributed by atoms with Crippen molar-refractivity contribution >= 4 is 16.7 Å². The normalized spacial score (nSPS) is 10.6. The molecular formula is C15H16O3. The number of ether oxygens (including phenoxy) is 1. The summed E-state index contributed by atoms with van der Waals surface area (Å²) >= 11 is 0. The molecular weight excluding hydrogens is 228 g/mol. The lowest BCUT2D eigenvalue weighted by Crippen LogP contribution is -1.99. The minimum absolute atomic E-state index is 0.163. The van der Waals surface area contributed by atoms with E-state index in [-0.39, 0.29) is 6.42 Å². The number of aliphatic carboxylic acids is 1. The smallest absolute Gasteiger partial charge is 0.303 e. The fraction of sp³-hybridized carbons (Fsp3) is 0.267. The molecule has 0 heterocycles. The number of fused-ring (bicyclic) bond motifs is 1. The van der Waals surface area contributed by atoms with Crippen LogP contribution in [0.15, 0.2) is 30.3 Å². The van der Waals surface area contributed by atoms with Gasteiger partial charge in [0.25, 0.3) is 0 Å². The highest BCUT2D eigenvalue weighted by atomic mass is 16.5. The third-order valence-corrected chi connectivity index (χ3v) is 3.22. The minimum Gasteiger partial charge on any atom is -0.497 e. The summed E-state index contributed by atoms with van der Waals surface area (Å²) in [5, 5.41) is 11.0. The lowest BCUT2D eigenvalue weighted by molar-refractivity contribution is -0.136. The molecule has 94 valence electrons. The second-order valence-electron chi connectivity index (χ2n) is 4.33. The van der Waals surface area contributed by atoms with E-state index < -0.39 is 5.97 Å². The Labute approximate surface area is 106 Å². The minimum atomic E-state index is -0.764. The molecule has 0 fully saturated rings. The molecule has 2 aromatic carbocycles. The van der Waals surface area contributed by atoms with Crippen molar-refractivity contribution in [3.63, 3.8) is 0 Å². The maximum absolute atomic E-state index is 10.6. The number of methoxy groups -OCH3 is 1. The average Bonchev–Trinajstić information content (AvgIpc) is 2.37. The first-order chi connectivity index (χ1) is 8.61. The van der Waals surface area contributed by atoms with Gasteiger partial charge in [0.15, 0.2) is 0 Å². The number of aryl methyl sites for hydroxylation is 2. The summed E-state index contributed by atoms with van der Waals surface area (Å²) in [6, 6.07) is 9.97. The van der Waals surface area contributed by atoms with Crippen molar-refractivity contribution in [3.8, 4) is 5.75 Å². The Kier molecular flexibility index (Phi) is 3.51. The van der Waals surface area contributed by atoms with Crippen molar-refractivity contribution in [2.75, 3.05) is 7.11 Å². The largest absolute Gasteiger partial charge is 0.497 e. The Morgan fingerprint density at radius 3 is 2.67 bits per heavy atom. The molecule has 0 amide bonds. The van der Waals surface area contributed by atoms with Gasteiger partial charge in [-0.2, -0.15) is 0 Å². The molecule has 2 aromatic rings. The quantitative estimate of drug-likeness (QED) is 0.898. The standard InChI is InChI=1S/C15H16O3/c1-10-11(6-8-15(16)17)3-4-12-5-7-13(18-2)9-14(10)12/h3-5,7,9H,6,8H2,1-2H3,(H,16,17). The molecule has 3 nitrogen and oxygen atoms in total. The summed E-state index contributed by atoms with van der Waals surface area (Å²) in [6.07, 6.45) is 0.727. The van der Waals surface area contributed by atoms with E-state index in [0.717, 1.165) is 27.6 Å². The number of carboxylic acids is 1. The molecule has 18 heavy (non-hydrogen) atoms. The van der Waals surface area contributed by atoms with Crippen LogP contribution >= 0.6 is 0 Å². The molecule has 0 unspecified atom stereocenters. The Bertz CT molecular complexity index is 588. The number of rotatable bonds is 4. The predicted molar refractivity (Wildman–Crippen MR) is 71.2 cm³/mol. The van der Waals surface area contributed by atoms with Gasteiger partial charge in [-0.25, -0.2) is 0 Å². The van der Waals surface area contributed by atoms with Gasteiger partial charge in [0.2, 0.25) is 0 Å². The number of carbonyl (C=O) groups is 1. The van der Waals surface area contributed by atoms with Gasteiger partial charge in [-0.1, -0.05) is 18.2 Å². The van der Waals surface area contributed by atoms with Crippen molar-refractivity contribution in [3.05, 3.63) is 41.5 Å². The maximum atomic E-state index is 10.6. The number of benzene rings is 2. The van der Waals surface area contributed by atoms with E-state index in [9.17, 15) is 4.79 Å². The summed E-state index contributed by atoms with van der Waals surface area (Å²) in [6.45, 7) is 2.03. The zero-order valence-electron chi connectivity index (χ0n) is 10.6. The molecule has 0 saturated carbocycles. The van der Waals surface area contributed by atoms with Crippen LogP contribution in [0, 0.1) is 6.92 Å². The van der Waals surface area contributed by atoms with Gasteiger partial charge in [-0.05, 0) is 47.4 Å². The van der Waals surface area contributed by atoms with Gasteiger partial charge in [0.1, 0.15) is 5.75 Å². The van der Waals surface area contributed by atoms with E-state index >= 15 is 0 Å². The van der Waals surface area contributed by atoms with E-state index in [1.807, 2.05) is 37.3 Å². The van der Waals surface area contributed by atoms with Gasteiger partial charge in [0.05, 0.1) is 7.11 Å². The lowest BCUT2D eigenvalue weighted by Gasteiger charge is -2.10. The predicted octanol–water partition coefficient (Wildman–Crippen LogP) is 3.17. The lowest BCUT2D eigenvalue weighted by atomic mass is 9.97. The van der Waals surface area contributed by atoms with Crippen LogP contribution in [0.1, 0.15) is 17.5 Å². The molecule has 0 radical (unpaired) electrons. The highest BCUT2D eigenvalue weighted by Crippen LogP contribution is 2.26. The van der Waals surface area contributed by atoms with E-state index in [1.54, 1.807) is 7.11 Å². The molecule has 0 aromatic heterocycles. The monoisotopic (exact) mass is 244 g/mol. The Morgan fingerprint density at radius 2 is 2.00 bits per heavy atom. The van der Waals surface area contributed by atoms with Gasteiger partial charge >= 0.3 is 5.97 Å². The van der Waals surface area contributed by atoms with Crippen molar-refractivity contribution < 1.29 is 14.6 Å². The second-order valence-corrected chi connectivity index (χ2v) is 4.33. The van der Waals surface area contributed by atoms with Crippen LogP contribution in [0.3, 0.4) is 0 Å². The van der Waals surface area contributed by atoms with Crippen LogP contribution in [-0.2, 0) is 11.2 Å². The highest BCUT2D eigenvalue weighted by molar-refractivity contribution is 5.88. The van der Waals surface area contributed by atoms with Crippen LogP contribution in [0.5, 0.6) is 5.75 Å². The van der Waals surface area contributed by atoms with Crippen LogP contribution < -0.4 is 4.74 Å². The van der Waals surface area contributed by atoms with E-state index in [2.05, 4.69) is 0 Å². The SMILES string of the molecule is COc1ccc2ccc(CCC(=O)O)c(C)c2c1. The molecule has 2 rings (SSSR count). The Hall–Kier alpha value is -2.03. The molecule has 3 heteroatoms. The van der Waals surface area contributed by atoms with Crippen LogP contribution in [0.2, 0.25) is 0 Å². The molecule has 0 spiro atoms. The first kappa shape index (κ1) is 12.4. The second kappa shape index (κ2) is 5.08. The summed E-state index contributed by atoms with van der Waals surface area (Å²) in [5.41, 5.74) is 2.21. The summed E-state index contributed by atoms with van der Waals surface area (Å²) in [4.78, 5) is 10.6. The molecule has 0 bridgehead atoms. The van der Waals surface area contributed by atoms with Gasteiger partial charge in [-0.3, -0.25) is 4.79 Å². The van der Waals surface area contributed by atoms with Crippen molar-refractivity contribution in [2.24, 2.45) is 0 Å². The molecule has 0 saturated heterocycles. The Balaban J connectivity index is 2.44.